The molecule has 1 aromatic heterocycles. The summed E-state index contributed by atoms with van der Waals surface area (Å²) in [6.07, 6.45) is 6.37. The minimum Gasteiger partial charge on any atom is -0.360 e. The van der Waals surface area contributed by atoms with E-state index in [2.05, 4.69) is 10.3 Å². The van der Waals surface area contributed by atoms with Crippen molar-refractivity contribution in [1.82, 2.24) is 15.2 Å². The van der Waals surface area contributed by atoms with Crippen LogP contribution in [0, 0.1) is 5.92 Å². The second-order valence-electron chi connectivity index (χ2n) is 6.64. The number of likely N-dealkylation sites (tertiary alicyclic amines) is 1. The average molecular weight is 311 g/mol. The first kappa shape index (κ1) is 14.3. The first-order chi connectivity index (χ1) is 11.2. The lowest BCUT2D eigenvalue weighted by molar-refractivity contribution is -0.129. The Hall–Kier alpha value is -2.30. The van der Waals surface area contributed by atoms with Crippen molar-refractivity contribution in [3.8, 4) is 0 Å². The van der Waals surface area contributed by atoms with E-state index in [9.17, 15) is 9.59 Å². The molecule has 4 rings (SSSR count). The number of aromatic nitrogens is 1. The lowest BCUT2D eigenvalue weighted by atomic mass is 9.97. The number of para-hydroxylation sites is 1. The van der Waals surface area contributed by atoms with Crippen molar-refractivity contribution in [3.05, 3.63) is 36.0 Å². The van der Waals surface area contributed by atoms with Crippen molar-refractivity contribution in [3.63, 3.8) is 0 Å². The number of rotatable bonds is 3. The monoisotopic (exact) mass is 311 g/mol. The van der Waals surface area contributed by atoms with Gasteiger partial charge in [-0.2, -0.15) is 0 Å². The fourth-order valence-corrected chi connectivity index (χ4v) is 3.62. The van der Waals surface area contributed by atoms with Crippen LogP contribution in [-0.2, 0) is 4.79 Å². The van der Waals surface area contributed by atoms with E-state index >= 15 is 0 Å². The van der Waals surface area contributed by atoms with Crippen LogP contribution in [0.1, 0.15) is 36.0 Å². The second-order valence-corrected chi connectivity index (χ2v) is 6.64. The maximum absolute atomic E-state index is 12.6. The number of nitrogens with one attached hydrogen (secondary N) is 2. The summed E-state index contributed by atoms with van der Waals surface area (Å²) in [5, 5.41) is 4.06. The summed E-state index contributed by atoms with van der Waals surface area (Å²) in [6.45, 7) is 1.05. The number of carbonyl (C=O) groups excluding carboxylic acids is 2. The Morgan fingerprint density at radius 2 is 1.87 bits per heavy atom. The molecule has 5 heteroatoms. The standard InChI is InChI=1S/C18H21N3O2/c22-17(20-13-5-1-2-6-13)12-10-21(11-12)18(23)15-9-19-16-8-4-3-7-14(15)16/h3-4,7-9,12-13,19H,1-2,5-6,10-11H2,(H,20,22). The number of carbonyl (C=O) groups is 2. The van der Waals surface area contributed by atoms with Crippen LogP contribution >= 0.6 is 0 Å². The number of fused-ring (bicyclic) bond motifs is 1. The summed E-state index contributed by atoms with van der Waals surface area (Å²) in [7, 11) is 0. The van der Waals surface area contributed by atoms with Gasteiger partial charge in [0.05, 0.1) is 11.5 Å². The van der Waals surface area contributed by atoms with Crippen molar-refractivity contribution in [2.24, 2.45) is 5.92 Å². The summed E-state index contributed by atoms with van der Waals surface area (Å²) in [6, 6.07) is 8.13. The van der Waals surface area contributed by atoms with Gasteiger partial charge in [-0.25, -0.2) is 0 Å². The Labute approximate surface area is 135 Å². The van der Waals surface area contributed by atoms with Gasteiger partial charge in [0.2, 0.25) is 5.91 Å². The van der Waals surface area contributed by atoms with E-state index < -0.39 is 0 Å². The van der Waals surface area contributed by atoms with E-state index in [4.69, 9.17) is 0 Å². The van der Waals surface area contributed by atoms with Crippen LogP contribution in [0.4, 0.5) is 0 Å². The van der Waals surface area contributed by atoms with E-state index in [0.717, 1.165) is 23.7 Å². The van der Waals surface area contributed by atoms with Crippen molar-refractivity contribution in [2.45, 2.75) is 31.7 Å². The fourth-order valence-electron chi connectivity index (χ4n) is 3.62. The summed E-state index contributed by atoms with van der Waals surface area (Å²) in [4.78, 5) is 29.7. The van der Waals surface area contributed by atoms with Crippen LogP contribution in [0.3, 0.4) is 0 Å². The van der Waals surface area contributed by atoms with Gasteiger partial charge in [-0.1, -0.05) is 31.0 Å². The van der Waals surface area contributed by atoms with E-state index in [1.54, 1.807) is 11.1 Å². The molecule has 23 heavy (non-hydrogen) atoms. The zero-order chi connectivity index (χ0) is 15.8. The number of nitrogens with zero attached hydrogens (tertiary/aromatic N) is 1. The molecule has 1 saturated heterocycles. The Kier molecular flexibility index (Phi) is 3.56. The van der Waals surface area contributed by atoms with Gasteiger partial charge in [0, 0.05) is 36.2 Å². The Morgan fingerprint density at radius 1 is 1.13 bits per heavy atom. The highest BCUT2D eigenvalue weighted by molar-refractivity contribution is 6.07. The van der Waals surface area contributed by atoms with E-state index in [1.807, 2.05) is 24.3 Å². The summed E-state index contributed by atoms with van der Waals surface area (Å²) < 4.78 is 0. The lowest BCUT2D eigenvalue weighted by Gasteiger charge is -2.38. The van der Waals surface area contributed by atoms with E-state index in [0.29, 0.717) is 24.7 Å². The molecule has 0 radical (unpaired) electrons. The zero-order valence-electron chi connectivity index (χ0n) is 13.0. The van der Waals surface area contributed by atoms with Crippen molar-refractivity contribution in [2.75, 3.05) is 13.1 Å². The highest BCUT2D eigenvalue weighted by Gasteiger charge is 2.37. The van der Waals surface area contributed by atoms with Crippen molar-refractivity contribution < 1.29 is 9.59 Å². The number of benzene rings is 1. The smallest absolute Gasteiger partial charge is 0.256 e. The second kappa shape index (κ2) is 5.72. The SMILES string of the molecule is O=C(NC1CCCC1)C1CN(C(=O)c2c[nH]c3ccccc23)C1. The molecule has 0 spiro atoms. The highest BCUT2D eigenvalue weighted by atomic mass is 16.2. The molecule has 2 heterocycles. The lowest BCUT2D eigenvalue weighted by Crippen LogP contribution is -2.56. The third-order valence-electron chi connectivity index (χ3n) is 5.06. The summed E-state index contributed by atoms with van der Waals surface area (Å²) >= 11 is 0. The zero-order valence-corrected chi connectivity index (χ0v) is 13.0. The molecular formula is C18H21N3O2. The normalized spacial score (nSPS) is 19.0. The minimum atomic E-state index is -0.0512. The first-order valence-corrected chi connectivity index (χ1v) is 8.38. The van der Waals surface area contributed by atoms with Gasteiger partial charge in [0.1, 0.15) is 0 Å². The number of aromatic amines is 1. The molecule has 2 fully saturated rings. The Morgan fingerprint density at radius 3 is 2.65 bits per heavy atom. The maximum atomic E-state index is 12.6. The van der Waals surface area contributed by atoms with Crippen LogP contribution in [-0.4, -0.2) is 40.8 Å². The van der Waals surface area contributed by atoms with Crippen LogP contribution < -0.4 is 5.32 Å². The quantitative estimate of drug-likeness (QED) is 0.913. The van der Waals surface area contributed by atoms with E-state index in [1.165, 1.54) is 12.8 Å². The number of amides is 2. The number of hydrogen-bond donors (Lipinski definition) is 2. The summed E-state index contributed by atoms with van der Waals surface area (Å²) in [5.74, 6) is 0.0667. The number of hydrogen-bond acceptors (Lipinski definition) is 2. The molecule has 1 aliphatic heterocycles. The largest absolute Gasteiger partial charge is 0.360 e. The summed E-state index contributed by atoms with van der Waals surface area (Å²) in [5.41, 5.74) is 1.65. The van der Waals surface area contributed by atoms with Gasteiger partial charge in [-0.3, -0.25) is 9.59 Å². The minimum absolute atomic E-state index is 0.00682. The predicted octanol–water partition coefficient (Wildman–Crippen LogP) is 2.30. The molecule has 2 amide bonds. The average Bonchev–Trinajstić information content (AvgIpc) is 3.14. The molecule has 1 aliphatic carbocycles. The molecule has 1 aromatic carbocycles. The van der Waals surface area contributed by atoms with Crippen molar-refractivity contribution in [1.29, 1.82) is 0 Å². The van der Waals surface area contributed by atoms with Gasteiger partial charge in [-0.15, -0.1) is 0 Å². The maximum Gasteiger partial charge on any atom is 0.256 e. The predicted molar refractivity (Wildman–Crippen MR) is 88.1 cm³/mol. The highest BCUT2D eigenvalue weighted by Crippen LogP contribution is 2.25. The molecule has 2 N–H and O–H groups in total. The third-order valence-corrected chi connectivity index (χ3v) is 5.06. The van der Waals surface area contributed by atoms with Crippen LogP contribution in [0.2, 0.25) is 0 Å². The van der Waals surface area contributed by atoms with Crippen LogP contribution in [0.15, 0.2) is 30.5 Å². The molecule has 5 nitrogen and oxygen atoms in total. The van der Waals surface area contributed by atoms with Gasteiger partial charge in [0.25, 0.3) is 5.91 Å². The number of H-pyrrole nitrogens is 1. The first-order valence-electron chi connectivity index (χ1n) is 8.38. The van der Waals surface area contributed by atoms with Gasteiger partial charge < -0.3 is 15.2 Å². The van der Waals surface area contributed by atoms with Gasteiger partial charge >= 0.3 is 0 Å². The molecule has 0 unspecified atom stereocenters. The van der Waals surface area contributed by atoms with Crippen molar-refractivity contribution >= 4 is 22.7 Å². The van der Waals surface area contributed by atoms with Gasteiger partial charge in [-0.05, 0) is 18.9 Å². The molecule has 120 valence electrons. The molecule has 1 saturated carbocycles. The van der Waals surface area contributed by atoms with Gasteiger partial charge in [0.15, 0.2) is 0 Å². The molecule has 0 atom stereocenters. The molecule has 0 bridgehead atoms. The van der Waals surface area contributed by atoms with Crippen LogP contribution in [0.25, 0.3) is 10.9 Å². The fraction of sp³-hybridized carbons (Fsp3) is 0.444. The Bertz CT molecular complexity index is 740. The Balaban J connectivity index is 1.37. The van der Waals surface area contributed by atoms with E-state index in [-0.39, 0.29) is 17.7 Å². The molecular weight excluding hydrogens is 290 g/mol. The molecule has 2 aliphatic rings. The molecule has 2 aromatic rings. The van der Waals surface area contributed by atoms with Crippen LogP contribution in [0.5, 0.6) is 0 Å². The topological polar surface area (TPSA) is 65.2 Å². The third kappa shape index (κ3) is 2.60.